The third-order valence-electron chi connectivity index (χ3n) is 3.89. The van der Waals surface area contributed by atoms with Gasteiger partial charge in [0, 0.05) is 18.6 Å². The summed E-state index contributed by atoms with van der Waals surface area (Å²) in [7, 11) is 1.89. The fourth-order valence-corrected chi connectivity index (χ4v) is 2.96. The molecule has 1 heterocycles. The second kappa shape index (κ2) is 7.72. The first-order valence-corrected chi connectivity index (χ1v) is 8.55. The molecule has 25 heavy (non-hydrogen) atoms. The van der Waals surface area contributed by atoms with Crippen LogP contribution in [0.2, 0.25) is 10.0 Å². The lowest BCUT2D eigenvalue weighted by Crippen LogP contribution is -2.27. The Kier molecular flexibility index (Phi) is 5.41. The van der Waals surface area contributed by atoms with E-state index in [2.05, 4.69) is 5.10 Å². The second-order valence-corrected chi connectivity index (χ2v) is 6.59. The standard InChI is InChI=1S/C19H17Cl2N3O/c1-23(12-14-5-3-2-4-6-14)17-11-22-24(19(25)18(17)21)13-15-7-9-16(20)10-8-15/h2-11H,12-13H2,1H3. The van der Waals surface area contributed by atoms with E-state index >= 15 is 0 Å². The van der Waals surface area contributed by atoms with Crippen LogP contribution in [0, 0.1) is 0 Å². The molecule has 0 bridgehead atoms. The molecular weight excluding hydrogens is 357 g/mol. The van der Waals surface area contributed by atoms with E-state index < -0.39 is 0 Å². The molecular formula is C19H17Cl2N3O. The normalized spacial score (nSPS) is 10.7. The monoisotopic (exact) mass is 373 g/mol. The first-order chi connectivity index (χ1) is 12.0. The van der Waals surface area contributed by atoms with E-state index in [4.69, 9.17) is 23.2 Å². The van der Waals surface area contributed by atoms with Crippen LogP contribution in [0.5, 0.6) is 0 Å². The number of aromatic nitrogens is 2. The van der Waals surface area contributed by atoms with Crippen molar-refractivity contribution < 1.29 is 0 Å². The molecule has 4 nitrogen and oxygen atoms in total. The van der Waals surface area contributed by atoms with E-state index in [1.54, 1.807) is 18.3 Å². The van der Waals surface area contributed by atoms with Gasteiger partial charge in [0.05, 0.1) is 18.4 Å². The number of hydrogen-bond donors (Lipinski definition) is 0. The van der Waals surface area contributed by atoms with Gasteiger partial charge in [-0.25, -0.2) is 4.68 Å². The van der Waals surface area contributed by atoms with Crippen molar-refractivity contribution in [2.24, 2.45) is 0 Å². The highest BCUT2D eigenvalue weighted by Gasteiger charge is 2.13. The zero-order valence-corrected chi connectivity index (χ0v) is 15.2. The van der Waals surface area contributed by atoms with Gasteiger partial charge in [0.2, 0.25) is 0 Å². The van der Waals surface area contributed by atoms with Gasteiger partial charge in [-0.3, -0.25) is 4.79 Å². The van der Waals surface area contributed by atoms with Crippen molar-refractivity contribution >= 4 is 28.9 Å². The molecule has 0 atom stereocenters. The van der Waals surface area contributed by atoms with Crippen LogP contribution in [0.15, 0.2) is 65.6 Å². The maximum Gasteiger partial charge on any atom is 0.287 e. The van der Waals surface area contributed by atoms with E-state index in [9.17, 15) is 4.79 Å². The maximum atomic E-state index is 12.5. The van der Waals surface area contributed by atoms with E-state index in [1.165, 1.54) is 4.68 Å². The Bertz CT molecular complexity index is 908. The molecule has 3 rings (SSSR count). The second-order valence-electron chi connectivity index (χ2n) is 5.77. The van der Waals surface area contributed by atoms with Crippen molar-refractivity contribution in [1.29, 1.82) is 0 Å². The van der Waals surface area contributed by atoms with Crippen LogP contribution in [0.1, 0.15) is 11.1 Å². The summed E-state index contributed by atoms with van der Waals surface area (Å²) >= 11 is 12.2. The minimum absolute atomic E-state index is 0.169. The van der Waals surface area contributed by atoms with Gasteiger partial charge in [-0.1, -0.05) is 65.7 Å². The molecule has 0 radical (unpaired) electrons. The molecule has 0 N–H and O–H groups in total. The molecule has 0 aliphatic rings. The lowest BCUT2D eigenvalue weighted by Gasteiger charge is -2.20. The highest BCUT2D eigenvalue weighted by molar-refractivity contribution is 6.33. The van der Waals surface area contributed by atoms with E-state index in [0.29, 0.717) is 23.8 Å². The average Bonchev–Trinajstić information content (AvgIpc) is 2.62. The number of anilines is 1. The van der Waals surface area contributed by atoms with Gasteiger partial charge in [0.15, 0.2) is 0 Å². The molecule has 6 heteroatoms. The summed E-state index contributed by atoms with van der Waals surface area (Å²) in [6.45, 7) is 0.987. The lowest BCUT2D eigenvalue weighted by atomic mass is 10.2. The first kappa shape index (κ1) is 17.5. The van der Waals surface area contributed by atoms with Crippen molar-refractivity contribution in [3.05, 3.63) is 92.3 Å². The average molecular weight is 374 g/mol. The van der Waals surface area contributed by atoms with Crippen molar-refractivity contribution in [2.75, 3.05) is 11.9 Å². The minimum atomic E-state index is -0.311. The molecule has 1 aromatic heterocycles. The van der Waals surface area contributed by atoms with Gasteiger partial charge in [0.1, 0.15) is 5.02 Å². The Labute approximate surface area is 156 Å². The Morgan fingerprint density at radius 3 is 2.36 bits per heavy atom. The molecule has 0 fully saturated rings. The van der Waals surface area contributed by atoms with Gasteiger partial charge in [-0.15, -0.1) is 0 Å². The van der Waals surface area contributed by atoms with Crippen LogP contribution in [-0.4, -0.2) is 16.8 Å². The predicted molar refractivity (Wildman–Crippen MR) is 103 cm³/mol. The highest BCUT2D eigenvalue weighted by Crippen LogP contribution is 2.21. The van der Waals surface area contributed by atoms with Crippen molar-refractivity contribution in [2.45, 2.75) is 13.1 Å². The molecule has 0 amide bonds. The zero-order valence-electron chi connectivity index (χ0n) is 13.7. The molecule has 0 saturated carbocycles. The largest absolute Gasteiger partial charge is 0.368 e. The third-order valence-corrected chi connectivity index (χ3v) is 4.49. The Morgan fingerprint density at radius 1 is 1.00 bits per heavy atom. The fourth-order valence-electron chi connectivity index (χ4n) is 2.54. The van der Waals surface area contributed by atoms with Crippen LogP contribution in [0.25, 0.3) is 0 Å². The van der Waals surface area contributed by atoms with Crippen molar-refractivity contribution in [1.82, 2.24) is 9.78 Å². The molecule has 3 aromatic rings. The quantitative estimate of drug-likeness (QED) is 0.671. The topological polar surface area (TPSA) is 38.1 Å². The minimum Gasteiger partial charge on any atom is -0.368 e. The number of rotatable bonds is 5. The Balaban J connectivity index is 1.82. The number of halogens is 2. The number of benzene rings is 2. The van der Waals surface area contributed by atoms with Crippen LogP contribution >= 0.6 is 23.2 Å². The third kappa shape index (κ3) is 4.21. The van der Waals surface area contributed by atoms with Crippen LogP contribution in [0.3, 0.4) is 0 Å². The molecule has 0 saturated heterocycles. The zero-order chi connectivity index (χ0) is 17.8. The van der Waals surface area contributed by atoms with Gasteiger partial charge >= 0.3 is 0 Å². The molecule has 0 spiro atoms. The van der Waals surface area contributed by atoms with Crippen molar-refractivity contribution in [3.8, 4) is 0 Å². The number of nitrogens with zero attached hydrogens (tertiary/aromatic N) is 3. The first-order valence-electron chi connectivity index (χ1n) is 7.80. The summed E-state index contributed by atoms with van der Waals surface area (Å²) in [5.41, 5.74) is 2.36. The van der Waals surface area contributed by atoms with E-state index in [-0.39, 0.29) is 10.6 Å². The van der Waals surface area contributed by atoms with Crippen molar-refractivity contribution in [3.63, 3.8) is 0 Å². The van der Waals surface area contributed by atoms with Gasteiger partial charge < -0.3 is 4.90 Å². The molecule has 0 aliphatic carbocycles. The van der Waals surface area contributed by atoms with Gasteiger partial charge in [-0.2, -0.15) is 5.10 Å². The molecule has 0 aliphatic heterocycles. The fraction of sp³-hybridized carbons (Fsp3) is 0.158. The summed E-state index contributed by atoms with van der Waals surface area (Å²) in [5.74, 6) is 0. The van der Waals surface area contributed by atoms with E-state index in [0.717, 1.165) is 11.1 Å². The summed E-state index contributed by atoms with van der Waals surface area (Å²) in [6.07, 6.45) is 1.63. The predicted octanol–water partition coefficient (Wildman–Crippen LogP) is 4.23. The van der Waals surface area contributed by atoms with Gasteiger partial charge in [0.25, 0.3) is 5.56 Å². The van der Waals surface area contributed by atoms with E-state index in [1.807, 2.05) is 54.4 Å². The van der Waals surface area contributed by atoms with Gasteiger partial charge in [-0.05, 0) is 23.3 Å². The molecule has 128 valence electrons. The summed E-state index contributed by atoms with van der Waals surface area (Å²) in [4.78, 5) is 14.4. The van der Waals surface area contributed by atoms with Crippen LogP contribution in [0.4, 0.5) is 5.69 Å². The highest BCUT2D eigenvalue weighted by atomic mass is 35.5. The molecule has 0 unspecified atom stereocenters. The Morgan fingerprint density at radius 2 is 1.68 bits per heavy atom. The molecule has 2 aromatic carbocycles. The summed E-state index contributed by atoms with van der Waals surface area (Å²) < 4.78 is 1.35. The SMILES string of the molecule is CN(Cc1ccccc1)c1cnn(Cc2ccc(Cl)cc2)c(=O)c1Cl. The number of hydrogen-bond acceptors (Lipinski definition) is 3. The van der Waals surface area contributed by atoms with Crippen LogP contribution in [-0.2, 0) is 13.1 Å². The Hall–Kier alpha value is -2.30. The smallest absolute Gasteiger partial charge is 0.287 e. The lowest BCUT2D eigenvalue weighted by molar-refractivity contribution is 0.637. The summed E-state index contributed by atoms with van der Waals surface area (Å²) in [6, 6.07) is 17.3. The van der Waals surface area contributed by atoms with Crippen LogP contribution < -0.4 is 10.5 Å². The maximum absolute atomic E-state index is 12.5. The summed E-state index contributed by atoms with van der Waals surface area (Å²) in [5, 5.41) is 5.09.